The van der Waals surface area contributed by atoms with E-state index in [9.17, 15) is 4.79 Å². The topological polar surface area (TPSA) is 55.1 Å². The van der Waals surface area contributed by atoms with Gasteiger partial charge in [0.05, 0.1) is 6.20 Å². The zero-order chi connectivity index (χ0) is 9.68. The third-order valence-corrected chi connectivity index (χ3v) is 1.63. The van der Waals surface area contributed by atoms with Gasteiger partial charge < -0.3 is 9.73 Å². The second-order valence-corrected chi connectivity index (χ2v) is 2.89. The minimum absolute atomic E-state index is 0.147. The molecule has 0 atom stereocenters. The molecule has 0 aliphatic heterocycles. The molecule has 0 aliphatic carbocycles. The third-order valence-electron chi connectivity index (χ3n) is 1.63. The zero-order valence-electron chi connectivity index (χ0n) is 7.96. The van der Waals surface area contributed by atoms with Crippen LogP contribution in [-0.4, -0.2) is 17.4 Å². The van der Waals surface area contributed by atoms with Crippen molar-refractivity contribution in [2.75, 3.05) is 6.54 Å². The predicted molar refractivity (Wildman–Crippen MR) is 48.5 cm³/mol. The Balaban J connectivity index is 2.40. The van der Waals surface area contributed by atoms with E-state index < -0.39 is 0 Å². The molecule has 13 heavy (non-hydrogen) atoms. The maximum atomic E-state index is 11.3. The summed E-state index contributed by atoms with van der Waals surface area (Å²) in [4.78, 5) is 15.1. The van der Waals surface area contributed by atoms with Crippen LogP contribution >= 0.6 is 0 Å². The number of carbonyl (C=O) groups is 1. The van der Waals surface area contributed by atoms with Crippen LogP contribution in [0.3, 0.4) is 0 Å². The number of amides is 1. The van der Waals surface area contributed by atoms with Crippen molar-refractivity contribution in [2.24, 2.45) is 0 Å². The fraction of sp³-hybridized carbons (Fsp3) is 0.556. The van der Waals surface area contributed by atoms with Crippen molar-refractivity contribution in [1.29, 1.82) is 0 Å². The fourth-order valence-corrected chi connectivity index (χ4v) is 0.914. The van der Waals surface area contributed by atoms with E-state index in [1.54, 1.807) is 6.92 Å². The monoisotopic (exact) mass is 182 g/mol. The lowest BCUT2D eigenvalue weighted by atomic mass is 10.3. The maximum absolute atomic E-state index is 11.3. The Bertz CT molecular complexity index is 281. The molecule has 4 nitrogen and oxygen atoms in total. The minimum atomic E-state index is -0.235. The van der Waals surface area contributed by atoms with Crippen LogP contribution in [0.2, 0.25) is 0 Å². The van der Waals surface area contributed by atoms with Gasteiger partial charge in [-0.1, -0.05) is 13.3 Å². The summed E-state index contributed by atoms with van der Waals surface area (Å²) in [6.45, 7) is 4.51. The Kier molecular flexibility index (Phi) is 3.49. The third kappa shape index (κ3) is 2.89. The molecule has 0 aromatic carbocycles. The number of unbranched alkanes of at least 4 members (excludes halogenated alkanes) is 1. The normalized spacial score (nSPS) is 10.0. The van der Waals surface area contributed by atoms with E-state index in [4.69, 9.17) is 4.42 Å². The fourth-order valence-electron chi connectivity index (χ4n) is 0.914. The van der Waals surface area contributed by atoms with Gasteiger partial charge in [0.15, 0.2) is 0 Å². The molecule has 0 saturated heterocycles. The lowest BCUT2D eigenvalue weighted by Gasteiger charge is -1.99. The Hall–Kier alpha value is -1.32. The highest BCUT2D eigenvalue weighted by atomic mass is 16.4. The molecule has 1 heterocycles. The molecule has 1 aromatic heterocycles. The molecule has 1 N–H and O–H groups in total. The summed E-state index contributed by atoms with van der Waals surface area (Å²) in [6.07, 6.45) is 3.57. The van der Waals surface area contributed by atoms with Gasteiger partial charge in [-0.05, 0) is 13.3 Å². The molecule has 0 radical (unpaired) electrons. The van der Waals surface area contributed by atoms with Crippen molar-refractivity contribution in [3.63, 3.8) is 0 Å². The summed E-state index contributed by atoms with van der Waals surface area (Å²) in [6, 6.07) is 0. The molecular formula is C9H14N2O2. The largest absolute Gasteiger partial charge is 0.438 e. The Labute approximate surface area is 77.3 Å². The second kappa shape index (κ2) is 4.64. The molecular weight excluding hydrogens is 168 g/mol. The van der Waals surface area contributed by atoms with Crippen LogP contribution in [0.4, 0.5) is 0 Å². The Morgan fingerprint density at radius 3 is 3.00 bits per heavy atom. The van der Waals surface area contributed by atoms with Gasteiger partial charge in [0, 0.05) is 6.54 Å². The average Bonchev–Trinajstić information content (AvgIpc) is 2.52. The summed E-state index contributed by atoms with van der Waals surface area (Å²) >= 11 is 0. The van der Waals surface area contributed by atoms with Crippen LogP contribution in [0.25, 0.3) is 0 Å². The van der Waals surface area contributed by atoms with Crippen LogP contribution < -0.4 is 5.32 Å². The van der Waals surface area contributed by atoms with Crippen LogP contribution in [0, 0.1) is 6.92 Å². The van der Waals surface area contributed by atoms with Crippen LogP contribution in [0.15, 0.2) is 10.6 Å². The number of nitrogens with zero attached hydrogens (tertiary/aromatic N) is 1. The minimum Gasteiger partial charge on any atom is -0.438 e. The summed E-state index contributed by atoms with van der Waals surface area (Å²) in [5, 5.41) is 2.72. The van der Waals surface area contributed by atoms with E-state index in [1.165, 1.54) is 6.20 Å². The first-order valence-electron chi connectivity index (χ1n) is 4.44. The lowest BCUT2D eigenvalue weighted by molar-refractivity contribution is 0.0917. The molecule has 72 valence electrons. The number of nitrogens with one attached hydrogen (secondary N) is 1. The van der Waals surface area contributed by atoms with Gasteiger partial charge in [0.1, 0.15) is 5.76 Å². The maximum Gasteiger partial charge on any atom is 0.307 e. The first kappa shape index (κ1) is 9.77. The molecule has 1 amide bonds. The summed E-state index contributed by atoms with van der Waals surface area (Å²) < 4.78 is 5.05. The van der Waals surface area contributed by atoms with Crippen molar-refractivity contribution in [3.05, 3.63) is 17.8 Å². The van der Waals surface area contributed by atoms with Crippen LogP contribution in [0.5, 0.6) is 0 Å². The van der Waals surface area contributed by atoms with E-state index >= 15 is 0 Å². The number of carbonyl (C=O) groups excluding carboxylic acids is 1. The van der Waals surface area contributed by atoms with Crippen molar-refractivity contribution < 1.29 is 9.21 Å². The number of hydrogen-bond acceptors (Lipinski definition) is 3. The number of hydrogen-bond donors (Lipinski definition) is 1. The van der Waals surface area contributed by atoms with E-state index in [0.717, 1.165) is 12.8 Å². The highest BCUT2D eigenvalue weighted by molar-refractivity contribution is 5.89. The molecule has 0 fully saturated rings. The van der Waals surface area contributed by atoms with Crippen LogP contribution in [-0.2, 0) is 0 Å². The van der Waals surface area contributed by atoms with Gasteiger partial charge in [-0.3, -0.25) is 4.79 Å². The lowest BCUT2D eigenvalue weighted by Crippen LogP contribution is -2.24. The number of rotatable bonds is 4. The molecule has 0 bridgehead atoms. The van der Waals surface area contributed by atoms with E-state index in [0.29, 0.717) is 12.3 Å². The molecule has 0 saturated carbocycles. The average molecular weight is 182 g/mol. The first-order valence-corrected chi connectivity index (χ1v) is 4.44. The van der Waals surface area contributed by atoms with Crippen LogP contribution in [0.1, 0.15) is 36.2 Å². The van der Waals surface area contributed by atoms with Gasteiger partial charge in [-0.25, -0.2) is 4.98 Å². The van der Waals surface area contributed by atoms with Gasteiger partial charge in [-0.15, -0.1) is 0 Å². The standard InChI is InChI=1S/C9H14N2O2/c1-3-4-5-10-8(12)9-11-6-7(2)13-9/h6H,3-5H2,1-2H3,(H,10,12). The number of aromatic nitrogens is 1. The molecule has 0 unspecified atom stereocenters. The number of aryl methyl sites for hydroxylation is 1. The first-order chi connectivity index (χ1) is 6.24. The highest BCUT2D eigenvalue weighted by Gasteiger charge is 2.09. The van der Waals surface area contributed by atoms with E-state index in [2.05, 4.69) is 17.2 Å². The molecule has 0 spiro atoms. The molecule has 1 aromatic rings. The summed E-state index contributed by atoms with van der Waals surface area (Å²) in [5.74, 6) is 0.566. The highest BCUT2D eigenvalue weighted by Crippen LogP contribution is 2.00. The van der Waals surface area contributed by atoms with Gasteiger partial charge in [0.25, 0.3) is 5.89 Å². The SMILES string of the molecule is CCCCNC(=O)c1ncc(C)o1. The number of oxazole rings is 1. The summed E-state index contributed by atoms with van der Waals surface area (Å²) in [5.41, 5.74) is 0. The Morgan fingerprint density at radius 1 is 1.69 bits per heavy atom. The van der Waals surface area contributed by atoms with E-state index in [-0.39, 0.29) is 11.8 Å². The second-order valence-electron chi connectivity index (χ2n) is 2.89. The van der Waals surface area contributed by atoms with Gasteiger partial charge in [0.2, 0.25) is 0 Å². The van der Waals surface area contributed by atoms with Gasteiger partial charge >= 0.3 is 5.91 Å². The predicted octanol–water partition coefficient (Wildman–Crippen LogP) is 1.51. The van der Waals surface area contributed by atoms with Crippen molar-refractivity contribution in [3.8, 4) is 0 Å². The quantitative estimate of drug-likeness (QED) is 0.718. The van der Waals surface area contributed by atoms with Crippen molar-refractivity contribution in [2.45, 2.75) is 26.7 Å². The summed E-state index contributed by atoms with van der Waals surface area (Å²) in [7, 11) is 0. The smallest absolute Gasteiger partial charge is 0.307 e. The molecule has 4 heteroatoms. The van der Waals surface area contributed by atoms with E-state index in [1.807, 2.05) is 0 Å². The van der Waals surface area contributed by atoms with Gasteiger partial charge in [-0.2, -0.15) is 0 Å². The van der Waals surface area contributed by atoms with Crippen molar-refractivity contribution in [1.82, 2.24) is 10.3 Å². The zero-order valence-corrected chi connectivity index (χ0v) is 7.96. The Morgan fingerprint density at radius 2 is 2.46 bits per heavy atom. The molecule has 1 rings (SSSR count). The van der Waals surface area contributed by atoms with Crippen molar-refractivity contribution >= 4 is 5.91 Å². The molecule has 0 aliphatic rings.